The van der Waals surface area contributed by atoms with Crippen LogP contribution in [0.15, 0.2) is 18.2 Å². The number of halogens is 1. The van der Waals surface area contributed by atoms with E-state index in [0.29, 0.717) is 17.9 Å². The first-order valence-corrected chi connectivity index (χ1v) is 14.0. The van der Waals surface area contributed by atoms with Crippen LogP contribution in [-0.2, 0) is 30.2 Å². The molecule has 0 bridgehead atoms. The molecule has 1 aliphatic carbocycles. The lowest BCUT2D eigenvalue weighted by molar-refractivity contribution is -0.170. The average molecular weight is 552 g/mol. The summed E-state index contributed by atoms with van der Waals surface area (Å²) in [4.78, 5) is 38.6. The van der Waals surface area contributed by atoms with Crippen LogP contribution in [0.5, 0.6) is 5.75 Å². The molecule has 2 fully saturated rings. The third-order valence-corrected chi connectivity index (χ3v) is 8.14. The second-order valence-corrected chi connectivity index (χ2v) is 11.5. The highest BCUT2D eigenvalue weighted by Gasteiger charge is 2.36. The predicted molar refractivity (Wildman–Crippen MR) is 138 cm³/mol. The minimum atomic E-state index is -2.03. The van der Waals surface area contributed by atoms with Crippen LogP contribution in [0, 0.1) is 17.7 Å². The van der Waals surface area contributed by atoms with Gasteiger partial charge in [-0.2, -0.15) is 0 Å². The monoisotopic (exact) mass is 551 g/mol. The molecule has 0 spiro atoms. The van der Waals surface area contributed by atoms with E-state index in [1.165, 1.54) is 24.0 Å². The van der Waals surface area contributed by atoms with Crippen molar-refractivity contribution in [2.24, 2.45) is 11.8 Å². The number of esters is 1. The lowest BCUT2D eigenvalue weighted by atomic mass is 10.0. The Hall–Kier alpha value is -3.15. The van der Waals surface area contributed by atoms with Gasteiger partial charge in [-0.25, -0.2) is 13.4 Å². The Labute approximate surface area is 223 Å². The number of carbonyl (C=O) groups is 3. The molecule has 2 aliphatic heterocycles. The van der Waals surface area contributed by atoms with Gasteiger partial charge in [-0.3, -0.25) is 23.5 Å². The van der Waals surface area contributed by atoms with Crippen LogP contribution in [0.1, 0.15) is 64.9 Å². The molecule has 1 aromatic rings. The van der Waals surface area contributed by atoms with E-state index in [9.17, 15) is 23.7 Å². The van der Waals surface area contributed by atoms with E-state index >= 15 is 4.39 Å². The molecule has 1 saturated heterocycles. The van der Waals surface area contributed by atoms with Gasteiger partial charge in [-0.05, 0) is 49.3 Å². The molecule has 208 valence electrons. The van der Waals surface area contributed by atoms with Crippen LogP contribution in [0.25, 0.3) is 5.57 Å². The van der Waals surface area contributed by atoms with Gasteiger partial charge in [0, 0.05) is 12.5 Å². The fourth-order valence-corrected chi connectivity index (χ4v) is 5.97. The second-order valence-electron chi connectivity index (χ2n) is 10.3. The number of hydrogen-bond donors (Lipinski definition) is 2. The predicted octanol–water partition coefficient (Wildman–Crippen LogP) is 3.77. The summed E-state index contributed by atoms with van der Waals surface area (Å²) in [5.41, 5.74) is 0.237. The maximum atomic E-state index is 15.7. The van der Waals surface area contributed by atoms with Gasteiger partial charge < -0.3 is 14.6 Å². The molecule has 10 nitrogen and oxygen atoms in total. The quantitative estimate of drug-likeness (QED) is 0.372. The van der Waals surface area contributed by atoms with Crippen molar-refractivity contribution < 1.29 is 37.6 Å². The summed E-state index contributed by atoms with van der Waals surface area (Å²) < 4.78 is 41.9. The SMILES string of the molecule is CC(C)CCC1C=C(c2ccc(O)c(N3CC(=O)NS3=O)c2F)CN1C(=O)OC(C)OC(=O)C1CCCC1. The summed E-state index contributed by atoms with van der Waals surface area (Å²) in [7, 11) is 0. The van der Waals surface area contributed by atoms with E-state index in [0.717, 1.165) is 36.4 Å². The fraction of sp³-hybridized carbons (Fsp3) is 0.577. The fourth-order valence-electron chi connectivity index (χ4n) is 5.02. The normalized spacial score (nSPS) is 22.6. The van der Waals surface area contributed by atoms with Crippen LogP contribution in [0.2, 0.25) is 0 Å². The Morgan fingerprint density at radius 3 is 2.53 bits per heavy atom. The number of nitrogens with zero attached hydrogens (tertiary/aromatic N) is 2. The van der Waals surface area contributed by atoms with Crippen molar-refractivity contribution in [3.05, 3.63) is 29.6 Å². The molecule has 3 aliphatic rings. The molecule has 2 amide bonds. The molecule has 2 N–H and O–H groups in total. The van der Waals surface area contributed by atoms with Crippen molar-refractivity contribution in [3.8, 4) is 5.75 Å². The minimum Gasteiger partial charge on any atom is -0.506 e. The Balaban J connectivity index is 1.52. The average Bonchev–Trinajstić information content (AvgIpc) is 3.58. The van der Waals surface area contributed by atoms with Crippen molar-refractivity contribution in [3.63, 3.8) is 0 Å². The Morgan fingerprint density at radius 2 is 1.89 bits per heavy atom. The first kappa shape index (κ1) is 27.9. The first-order valence-electron chi connectivity index (χ1n) is 12.9. The van der Waals surface area contributed by atoms with Crippen LogP contribution in [-0.4, -0.2) is 57.6 Å². The van der Waals surface area contributed by atoms with Gasteiger partial charge in [0.2, 0.25) is 17.5 Å². The standard InChI is InChI=1S/C26H34FN3O7S/c1-15(2)8-9-19-12-18(13-29(19)26(34)37-16(3)36-25(33)17-6-4-5-7-17)20-10-11-21(31)24(23(20)27)30-14-22(32)28-38(30)35/h10-12,15-17,19,31H,4-9,13-14H2,1-3H3,(H,28,32). The zero-order valence-electron chi connectivity index (χ0n) is 21.8. The van der Waals surface area contributed by atoms with Crippen LogP contribution in [0.4, 0.5) is 14.9 Å². The summed E-state index contributed by atoms with van der Waals surface area (Å²) in [6.45, 7) is 5.27. The topological polar surface area (TPSA) is 125 Å². The number of phenols is 1. The van der Waals surface area contributed by atoms with Gasteiger partial charge in [-0.1, -0.05) is 32.8 Å². The van der Waals surface area contributed by atoms with E-state index in [1.807, 2.05) is 0 Å². The maximum Gasteiger partial charge on any atom is 0.413 e. The van der Waals surface area contributed by atoms with Crippen molar-refractivity contribution in [1.82, 2.24) is 9.62 Å². The number of rotatable bonds is 8. The molecule has 0 radical (unpaired) electrons. The number of amides is 2. The molecule has 3 atom stereocenters. The molecular formula is C26H34FN3O7S. The van der Waals surface area contributed by atoms with Crippen LogP contribution < -0.4 is 9.03 Å². The highest BCUT2D eigenvalue weighted by Crippen LogP contribution is 2.39. The number of nitrogens with one attached hydrogen (secondary N) is 1. The lowest BCUT2D eigenvalue weighted by Crippen LogP contribution is -2.39. The molecular weight excluding hydrogens is 517 g/mol. The van der Waals surface area contributed by atoms with E-state index in [4.69, 9.17) is 9.47 Å². The van der Waals surface area contributed by atoms with Gasteiger partial charge in [0.05, 0.1) is 18.5 Å². The van der Waals surface area contributed by atoms with Crippen molar-refractivity contribution >= 4 is 40.4 Å². The molecule has 12 heteroatoms. The molecule has 1 aromatic carbocycles. The van der Waals surface area contributed by atoms with Gasteiger partial charge in [0.1, 0.15) is 18.0 Å². The van der Waals surface area contributed by atoms with E-state index < -0.39 is 47.1 Å². The Kier molecular flexibility index (Phi) is 8.59. The van der Waals surface area contributed by atoms with Crippen molar-refractivity contribution in [2.75, 3.05) is 17.4 Å². The number of carbonyl (C=O) groups excluding carboxylic acids is 3. The first-order chi connectivity index (χ1) is 18.0. The smallest absolute Gasteiger partial charge is 0.413 e. The third-order valence-electron chi connectivity index (χ3n) is 7.03. The zero-order valence-corrected chi connectivity index (χ0v) is 22.6. The summed E-state index contributed by atoms with van der Waals surface area (Å²) in [6.07, 6.45) is 4.92. The molecule has 1 saturated carbocycles. The minimum absolute atomic E-state index is 0.0201. The number of benzene rings is 1. The molecule has 38 heavy (non-hydrogen) atoms. The molecule has 3 unspecified atom stereocenters. The Bertz CT molecular complexity index is 1150. The number of hydrogen-bond acceptors (Lipinski definition) is 7. The molecule has 0 aromatic heterocycles. The van der Waals surface area contributed by atoms with E-state index in [2.05, 4.69) is 18.6 Å². The molecule has 4 rings (SSSR count). The number of phenolic OH excluding ortho intramolecular Hbond substituents is 1. The summed E-state index contributed by atoms with van der Waals surface area (Å²) in [5.74, 6) is -2.04. The number of anilines is 1. The largest absolute Gasteiger partial charge is 0.506 e. The molecule has 2 heterocycles. The highest BCUT2D eigenvalue weighted by molar-refractivity contribution is 7.85. The van der Waals surface area contributed by atoms with Gasteiger partial charge in [0.15, 0.2) is 5.82 Å². The summed E-state index contributed by atoms with van der Waals surface area (Å²) in [6, 6.07) is 2.26. The van der Waals surface area contributed by atoms with Crippen molar-refractivity contribution in [2.45, 2.75) is 71.6 Å². The zero-order chi connectivity index (χ0) is 27.6. The van der Waals surface area contributed by atoms with Gasteiger partial charge in [0.25, 0.3) is 5.91 Å². The second kappa shape index (κ2) is 11.7. The lowest BCUT2D eigenvalue weighted by Gasteiger charge is -2.26. The van der Waals surface area contributed by atoms with Gasteiger partial charge >= 0.3 is 12.1 Å². The third kappa shape index (κ3) is 6.11. The summed E-state index contributed by atoms with van der Waals surface area (Å²) >= 11 is -2.03. The summed E-state index contributed by atoms with van der Waals surface area (Å²) in [5, 5.41) is 10.3. The van der Waals surface area contributed by atoms with Crippen LogP contribution >= 0.6 is 0 Å². The van der Waals surface area contributed by atoms with E-state index in [-0.39, 0.29) is 36.2 Å². The number of ether oxygens (including phenoxy) is 2. The number of aromatic hydroxyl groups is 1. The van der Waals surface area contributed by atoms with E-state index in [1.54, 1.807) is 6.08 Å². The highest BCUT2D eigenvalue weighted by atomic mass is 32.2. The Morgan fingerprint density at radius 1 is 1.18 bits per heavy atom. The van der Waals surface area contributed by atoms with Gasteiger partial charge in [-0.15, -0.1) is 0 Å². The van der Waals surface area contributed by atoms with Crippen molar-refractivity contribution in [1.29, 1.82) is 0 Å². The maximum absolute atomic E-state index is 15.7. The van der Waals surface area contributed by atoms with Crippen LogP contribution in [0.3, 0.4) is 0 Å².